The second kappa shape index (κ2) is 8.03. The van der Waals surface area contributed by atoms with Crippen LogP contribution in [0.4, 0.5) is 0 Å². The van der Waals surface area contributed by atoms with Gasteiger partial charge in [0.2, 0.25) is 5.91 Å². The van der Waals surface area contributed by atoms with E-state index < -0.39 is 0 Å². The highest BCUT2D eigenvalue weighted by Gasteiger charge is 2.17. The van der Waals surface area contributed by atoms with Crippen LogP contribution in [-0.2, 0) is 18.4 Å². The van der Waals surface area contributed by atoms with Gasteiger partial charge in [0.1, 0.15) is 0 Å². The molecule has 0 aliphatic carbocycles. The summed E-state index contributed by atoms with van der Waals surface area (Å²) in [7, 11) is 2.03. The van der Waals surface area contributed by atoms with Crippen molar-refractivity contribution in [2.45, 2.75) is 65.5 Å². The number of rotatable bonds is 8. The minimum Gasteiger partial charge on any atom is -0.353 e. The molecular weight excluding hydrogens is 236 g/mol. The van der Waals surface area contributed by atoms with Gasteiger partial charge in [-0.2, -0.15) is 0 Å². The molecule has 0 bridgehead atoms. The summed E-state index contributed by atoms with van der Waals surface area (Å²) in [5.41, 5.74) is 1.19. The number of hydrogen-bond donors (Lipinski definition) is 0. The smallest absolute Gasteiger partial charge is 0.223 e. The van der Waals surface area contributed by atoms with Gasteiger partial charge < -0.3 is 9.47 Å². The fourth-order valence-corrected chi connectivity index (χ4v) is 2.24. The van der Waals surface area contributed by atoms with Crippen molar-refractivity contribution in [1.29, 1.82) is 0 Å². The van der Waals surface area contributed by atoms with E-state index in [0.29, 0.717) is 13.0 Å². The molecule has 0 saturated heterocycles. The van der Waals surface area contributed by atoms with Crippen molar-refractivity contribution in [1.82, 2.24) is 9.47 Å². The molecule has 1 rings (SSSR count). The molecule has 1 amide bonds. The highest BCUT2D eigenvalue weighted by Crippen LogP contribution is 2.12. The predicted octanol–water partition coefficient (Wildman–Crippen LogP) is 3.73. The molecule has 0 saturated carbocycles. The van der Waals surface area contributed by atoms with Crippen molar-refractivity contribution in [3.8, 4) is 0 Å². The van der Waals surface area contributed by atoms with Gasteiger partial charge in [0.25, 0.3) is 0 Å². The van der Waals surface area contributed by atoms with Gasteiger partial charge >= 0.3 is 0 Å². The Balaban J connectivity index is 2.52. The van der Waals surface area contributed by atoms with E-state index >= 15 is 0 Å². The molecule has 3 nitrogen and oxygen atoms in total. The standard InChI is InChI=1S/C16H28N2O/c1-5-6-7-8-11-16(19)18(14(2)3)13-15-10-9-12-17(15)4/h9-10,12,14H,5-8,11,13H2,1-4H3. The number of carbonyl (C=O) groups is 1. The molecule has 19 heavy (non-hydrogen) atoms. The van der Waals surface area contributed by atoms with Crippen LogP contribution in [0.1, 0.15) is 58.6 Å². The van der Waals surface area contributed by atoms with Crippen LogP contribution in [-0.4, -0.2) is 21.4 Å². The Hall–Kier alpha value is -1.25. The van der Waals surface area contributed by atoms with E-state index in [0.717, 1.165) is 6.42 Å². The maximum absolute atomic E-state index is 12.3. The monoisotopic (exact) mass is 264 g/mol. The number of amides is 1. The Morgan fingerprint density at radius 2 is 2.05 bits per heavy atom. The molecule has 0 aliphatic rings. The molecule has 0 N–H and O–H groups in total. The minimum absolute atomic E-state index is 0.258. The molecule has 1 aromatic rings. The van der Waals surface area contributed by atoms with Gasteiger partial charge in [-0.1, -0.05) is 26.2 Å². The quantitative estimate of drug-likeness (QED) is 0.657. The van der Waals surface area contributed by atoms with Crippen molar-refractivity contribution < 1.29 is 4.79 Å². The van der Waals surface area contributed by atoms with E-state index in [-0.39, 0.29) is 11.9 Å². The van der Waals surface area contributed by atoms with E-state index in [1.54, 1.807) is 0 Å². The molecule has 3 heteroatoms. The van der Waals surface area contributed by atoms with Gasteiger partial charge in [-0.05, 0) is 32.4 Å². The maximum Gasteiger partial charge on any atom is 0.223 e. The fourth-order valence-electron chi connectivity index (χ4n) is 2.24. The summed E-state index contributed by atoms with van der Waals surface area (Å²) in [6.45, 7) is 7.09. The Morgan fingerprint density at radius 3 is 2.58 bits per heavy atom. The normalized spacial score (nSPS) is 11.0. The number of aryl methyl sites for hydroxylation is 1. The second-order valence-corrected chi connectivity index (χ2v) is 5.54. The topological polar surface area (TPSA) is 25.2 Å². The van der Waals surface area contributed by atoms with Crippen LogP contribution in [0.25, 0.3) is 0 Å². The summed E-state index contributed by atoms with van der Waals surface area (Å²) in [6.07, 6.45) is 7.34. The third kappa shape index (κ3) is 5.09. The highest BCUT2D eigenvalue weighted by molar-refractivity contribution is 5.76. The first-order valence-electron chi connectivity index (χ1n) is 7.46. The van der Waals surface area contributed by atoms with E-state index in [2.05, 4.69) is 31.4 Å². The van der Waals surface area contributed by atoms with Crippen molar-refractivity contribution in [3.63, 3.8) is 0 Å². The van der Waals surface area contributed by atoms with Crippen molar-refractivity contribution >= 4 is 5.91 Å². The third-order valence-corrected chi connectivity index (χ3v) is 3.57. The molecule has 0 aliphatic heterocycles. The molecule has 0 atom stereocenters. The lowest BCUT2D eigenvalue weighted by atomic mass is 10.1. The van der Waals surface area contributed by atoms with Gasteiger partial charge in [0.15, 0.2) is 0 Å². The Morgan fingerprint density at radius 1 is 1.32 bits per heavy atom. The molecule has 108 valence electrons. The number of carbonyl (C=O) groups excluding carboxylic acids is 1. The lowest BCUT2D eigenvalue weighted by molar-refractivity contribution is -0.133. The molecule has 1 heterocycles. The first-order chi connectivity index (χ1) is 9.06. The van der Waals surface area contributed by atoms with Gasteiger partial charge in [0.05, 0.1) is 6.54 Å². The SMILES string of the molecule is CCCCCCC(=O)N(Cc1cccn1C)C(C)C. The second-order valence-electron chi connectivity index (χ2n) is 5.54. The summed E-state index contributed by atoms with van der Waals surface area (Å²) in [4.78, 5) is 14.3. The zero-order valence-electron chi connectivity index (χ0n) is 12.9. The van der Waals surface area contributed by atoms with Crippen LogP contribution < -0.4 is 0 Å². The summed E-state index contributed by atoms with van der Waals surface area (Å²) in [6, 6.07) is 4.37. The zero-order chi connectivity index (χ0) is 14.3. The van der Waals surface area contributed by atoms with Crippen LogP contribution in [0.5, 0.6) is 0 Å². The lowest BCUT2D eigenvalue weighted by Crippen LogP contribution is -2.36. The van der Waals surface area contributed by atoms with Gasteiger partial charge in [-0.15, -0.1) is 0 Å². The Labute approximate surface area is 117 Å². The number of unbranched alkanes of at least 4 members (excludes halogenated alkanes) is 3. The van der Waals surface area contributed by atoms with Crippen LogP contribution in [0.3, 0.4) is 0 Å². The molecule has 0 radical (unpaired) electrons. The summed E-state index contributed by atoms with van der Waals surface area (Å²) < 4.78 is 2.08. The molecule has 1 aromatic heterocycles. The number of hydrogen-bond acceptors (Lipinski definition) is 1. The Bertz CT molecular complexity index is 382. The summed E-state index contributed by atoms with van der Waals surface area (Å²) >= 11 is 0. The van der Waals surface area contributed by atoms with E-state index in [1.807, 2.05) is 24.2 Å². The van der Waals surface area contributed by atoms with Gasteiger partial charge in [-0.3, -0.25) is 4.79 Å². The first kappa shape index (κ1) is 15.8. The van der Waals surface area contributed by atoms with E-state index in [4.69, 9.17) is 0 Å². The van der Waals surface area contributed by atoms with Crippen molar-refractivity contribution in [2.24, 2.45) is 7.05 Å². The molecule has 0 unspecified atom stereocenters. The Kier molecular flexibility index (Phi) is 6.68. The van der Waals surface area contributed by atoms with Gasteiger partial charge in [0, 0.05) is 31.4 Å². The maximum atomic E-state index is 12.3. The summed E-state index contributed by atoms with van der Waals surface area (Å²) in [5.74, 6) is 0.285. The number of nitrogens with zero attached hydrogens (tertiary/aromatic N) is 2. The van der Waals surface area contributed by atoms with Crippen LogP contribution >= 0.6 is 0 Å². The third-order valence-electron chi connectivity index (χ3n) is 3.57. The molecular formula is C16H28N2O. The largest absolute Gasteiger partial charge is 0.353 e. The molecule has 0 fully saturated rings. The average Bonchev–Trinajstić information content (AvgIpc) is 2.76. The predicted molar refractivity (Wildman–Crippen MR) is 79.9 cm³/mol. The van der Waals surface area contributed by atoms with Crippen molar-refractivity contribution in [2.75, 3.05) is 0 Å². The van der Waals surface area contributed by atoms with E-state index in [9.17, 15) is 4.79 Å². The van der Waals surface area contributed by atoms with Gasteiger partial charge in [-0.25, -0.2) is 0 Å². The van der Waals surface area contributed by atoms with Crippen LogP contribution in [0, 0.1) is 0 Å². The van der Waals surface area contributed by atoms with Crippen LogP contribution in [0.15, 0.2) is 18.3 Å². The summed E-state index contributed by atoms with van der Waals surface area (Å²) in [5, 5.41) is 0. The lowest BCUT2D eigenvalue weighted by Gasteiger charge is -2.27. The number of aromatic nitrogens is 1. The molecule has 0 aromatic carbocycles. The average molecular weight is 264 g/mol. The first-order valence-corrected chi connectivity index (χ1v) is 7.46. The van der Waals surface area contributed by atoms with E-state index in [1.165, 1.54) is 25.0 Å². The fraction of sp³-hybridized carbons (Fsp3) is 0.688. The van der Waals surface area contributed by atoms with Crippen LogP contribution in [0.2, 0.25) is 0 Å². The zero-order valence-corrected chi connectivity index (χ0v) is 12.9. The minimum atomic E-state index is 0.258. The van der Waals surface area contributed by atoms with Crippen molar-refractivity contribution in [3.05, 3.63) is 24.0 Å². The molecule has 0 spiro atoms. The highest BCUT2D eigenvalue weighted by atomic mass is 16.2.